The van der Waals surface area contributed by atoms with Crippen LogP contribution < -0.4 is 4.74 Å². The van der Waals surface area contributed by atoms with Crippen molar-refractivity contribution in [3.8, 4) is 5.75 Å². The summed E-state index contributed by atoms with van der Waals surface area (Å²) in [6, 6.07) is 6.04. The largest absolute Gasteiger partial charge is 0.486 e. The van der Waals surface area contributed by atoms with E-state index in [9.17, 15) is 0 Å². The van der Waals surface area contributed by atoms with Crippen molar-refractivity contribution in [2.24, 2.45) is 4.99 Å². The standard InChI is InChI=1S/C14H12BrIN2O/c15-9-3-4-13-11(6-9)14(12(16)7-18-13)19-8-10-2-1-5-17-10/h3-4,6-7H,1-2,5,8H2. The molecule has 0 fully saturated rings. The highest BCUT2D eigenvalue weighted by atomic mass is 127. The molecule has 0 spiro atoms. The average Bonchev–Trinajstić information content (AvgIpc) is 2.91. The molecule has 1 aromatic carbocycles. The Morgan fingerprint density at radius 3 is 3.05 bits per heavy atom. The van der Waals surface area contributed by atoms with E-state index in [1.165, 1.54) is 0 Å². The maximum atomic E-state index is 5.99. The summed E-state index contributed by atoms with van der Waals surface area (Å²) in [5.41, 5.74) is 2.11. The van der Waals surface area contributed by atoms with Crippen LogP contribution in [0.25, 0.3) is 10.9 Å². The quantitative estimate of drug-likeness (QED) is 0.683. The molecule has 0 saturated carbocycles. The van der Waals surface area contributed by atoms with Crippen LogP contribution in [0, 0.1) is 3.57 Å². The predicted molar refractivity (Wildman–Crippen MR) is 89.2 cm³/mol. The molecule has 3 nitrogen and oxygen atoms in total. The zero-order chi connectivity index (χ0) is 13.2. The number of halogens is 2. The van der Waals surface area contributed by atoms with E-state index in [1.807, 2.05) is 18.3 Å². The van der Waals surface area contributed by atoms with Crippen LogP contribution >= 0.6 is 38.5 Å². The van der Waals surface area contributed by atoms with Crippen molar-refractivity contribution in [1.29, 1.82) is 0 Å². The number of benzene rings is 1. The molecular weight excluding hydrogens is 419 g/mol. The van der Waals surface area contributed by atoms with E-state index in [4.69, 9.17) is 4.74 Å². The number of aliphatic imine (C=N–C) groups is 1. The minimum absolute atomic E-state index is 0.585. The van der Waals surface area contributed by atoms with Gasteiger partial charge in [-0.05, 0) is 53.6 Å². The summed E-state index contributed by atoms with van der Waals surface area (Å²) in [4.78, 5) is 8.87. The average molecular weight is 431 g/mol. The summed E-state index contributed by atoms with van der Waals surface area (Å²) in [7, 11) is 0. The smallest absolute Gasteiger partial charge is 0.144 e. The third-order valence-electron chi connectivity index (χ3n) is 3.08. The van der Waals surface area contributed by atoms with Gasteiger partial charge < -0.3 is 4.74 Å². The Morgan fingerprint density at radius 2 is 2.26 bits per heavy atom. The van der Waals surface area contributed by atoms with Crippen molar-refractivity contribution in [3.05, 3.63) is 32.4 Å². The molecule has 2 heterocycles. The van der Waals surface area contributed by atoms with E-state index < -0.39 is 0 Å². The number of nitrogens with zero attached hydrogens (tertiary/aromatic N) is 2. The molecule has 19 heavy (non-hydrogen) atoms. The third kappa shape index (κ3) is 2.91. The number of pyridine rings is 1. The number of aromatic nitrogens is 1. The lowest BCUT2D eigenvalue weighted by Crippen LogP contribution is -2.09. The van der Waals surface area contributed by atoms with Crippen molar-refractivity contribution in [2.45, 2.75) is 12.8 Å². The van der Waals surface area contributed by atoms with Crippen LogP contribution in [0.5, 0.6) is 5.75 Å². The van der Waals surface area contributed by atoms with Gasteiger partial charge in [0.1, 0.15) is 12.4 Å². The van der Waals surface area contributed by atoms with Crippen molar-refractivity contribution >= 4 is 55.1 Å². The molecular formula is C14H12BrIN2O. The summed E-state index contributed by atoms with van der Waals surface area (Å²) in [5.74, 6) is 0.904. The molecule has 0 amide bonds. The van der Waals surface area contributed by atoms with Gasteiger partial charge in [-0.1, -0.05) is 15.9 Å². The van der Waals surface area contributed by atoms with Crippen LogP contribution in [0.2, 0.25) is 0 Å². The van der Waals surface area contributed by atoms with E-state index >= 15 is 0 Å². The van der Waals surface area contributed by atoms with Crippen LogP contribution in [0.15, 0.2) is 33.9 Å². The van der Waals surface area contributed by atoms with E-state index in [2.05, 4.69) is 54.6 Å². The molecule has 0 bridgehead atoms. The summed E-state index contributed by atoms with van der Waals surface area (Å²) in [6.07, 6.45) is 4.06. The molecule has 1 aliphatic rings. The fraction of sp³-hybridized carbons (Fsp3) is 0.286. The SMILES string of the molecule is Brc1ccc2ncc(I)c(OCC3=NCCC3)c2c1. The molecule has 0 saturated heterocycles. The van der Waals surface area contributed by atoms with E-state index in [-0.39, 0.29) is 0 Å². The summed E-state index contributed by atoms with van der Waals surface area (Å²) in [5, 5.41) is 1.04. The Bertz CT molecular complexity index is 652. The van der Waals surface area contributed by atoms with E-state index in [1.54, 1.807) is 0 Å². The van der Waals surface area contributed by atoms with E-state index in [0.29, 0.717) is 6.61 Å². The molecule has 98 valence electrons. The molecule has 5 heteroatoms. The van der Waals surface area contributed by atoms with Gasteiger partial charge in [0.05, 0.1) is 9.09 Å². The zero-order valence-electron chi connectivity index (χ0n) is 10.2. The highest BCUT2D eigenvalue weighted by molar-refractivity contribution is 14.1. The monoisotopic (exact) mass is 430 g/mol. The van der Waals surface area contributed by atoms with E-state index in [0.717, 1.165) is 49.8 Å². The highest BCUT2D eigenvalue weighted by Crippen LogP contribution is 2.31. The molecule has 1 aromatic heterocycles. The minimum Gasteiger partial charge on any atom is -0.486 e. The van der Waals surface area contributed by atoms with Crippen molar-refractivity contribution in [3.63, 3.8) is 0 Å². The minimum atomic E-state index is 0.585. The van der Waals surface area contributed by atoms with Gasteiger partial charge in [0.15, 0.2) is 0 Å². The van der Waals surface area contributed by atoms with Gasteiger partial charge in [0, 0.05) is 28.3 Å². The second-order valence-corrected chi connectivity index (χ2v) is 6.51. The second kappa shape index (κ2) is 5.75. The lowest BCUT2D eigenvalue weighted by molar-refractivity contribution is 0.376. The van der Waals surface area contributed by atoms with Gasteiger partial charge in [0.25, 0.3) is 0 Å². The Hall–Kier alpha value is -0.690. The highest BCUT2D eigenvalue weighted by Gasteiger charge is 2.12. The second-order valence-electron chi connectivity index (χ2n) is 4.44. The molecule has 0 atom stereocenters. The molecule has 0 N–H and O–H groups in total. The first kappa shape index (κ1) is 13.3. The number of fused-ring (bicyclic) bond motifs is 1. The molecule has 0 unspecified atom stereocenters. The first-order chi connectivity index (χ1) is 9.24. The van der Waals surface area contributed by atoms with Crippen LogP contribution in [0.4, 0.5) is 0 Å². The topological polar surface area (TPSA) is 34.5 Å². The van der Waals surface area contributed by atoms with Crippen LogP contribution in [0.3, 0.4) is 0 Å². The normalized spacial score (nSPS) is 14.7. The Balaban J connectivity index is 1.96. The molecule has 1 aliphatic heterocycles. The van der Waals surface area contributed by atoms with Crippen molar-refractivity contribution in [1.82, 2.24) is 4.98 Å². The fourth-order valence-electron chi connectivity index (χ4n) is 2.14. The van der Waals surface area contributed by atoms with Gasteiger partial charge in [-0.3, -0.25) is 9.98 Å². The number of rotatable bonds is 3. The first-order valence-electron chi connectivity index (χ1n) is 6.13. The Morgan fingerprint density at radius 1 is 1.37 bits per heavy atom. The van der Waals surface area contributed by atoms with Gasteiger partial charge in [0.2, 0.25) is 0 Å². The third-order valence-corrected chi connectivity index (χ3v) is 4.34. The number of ether oxygens (including phenoxy) is 1. The number of hydrogen-bond donors (Lipinski definition) is 0. The summed E-state index contributed by atoms with van der Waals surface area (Å²) < 4.78 is 8.05. The fourth-order valence-corrected chi connectivity index (χ4v) is 3.08. The van der Waals surface area contributed by atoms with Crippen molar-refractivity contribution in [2.75, 3.05) is 13.2 Å². The number of hydrogen-bond acceptors (Lipinski definition) is 3. The van der Waals surface area contributed by atoms with Crippen LogP contribution in [0.1, 0.15) is 12.8 Å². The van der Waals surface area contributed by atoms with Crippen molar-refractivity contribution < 1.29 is 4.74 Å². The zero-order valence-corrected chi connectivity index (χ0v) is 13.9. The summed E-state index contributed by atoms with van der Waals surface area (Å²) in [6.45, 7) is 1.53. The molecule has 3 rings (SSSR count). The lowest BCUT2D eigenvalue weighted by atomic mass is 10.2. The van der Waals surface area contributed by atoms with Crippen LogP contribution in [-0.2, 0) is 0 Å². The van der Waals surface area contributed by atoms with Gasteiger partial charge in [-0.25, -0.2) is 0 Å². The molecule has 0 aliphatic carbocycles. The maximum Gasteiger partial charge on any atom is 0.144 e. The molecule has 0 radical (unpaired) electrons. The Labute approximate surface area is 133 Å². The van der Waals surface area contributed by atoms with Gasteiger partial charge in [-0.15, -0.1) is 0 Å². The predicted octanol–water partition coefficient (Wildman–Crippen LogP) is 4.22. The maximum absolute atomic E-state index is 5.99. The lowest BCUT2D eigenvalue weighted by Gasteiger charge is -2.11. The first-order valence-corrected chi connectivity index (χ1v) is 8.00. The Kier molecular flexibility index (Phi) is 4.02. The van der Waals surface area contributed by atoms with Gasteiger partial charge in [-0.2, -0.15) is 0 Å². The van der Waals surface area contributed by atoms with Crippen LogP contribution in [-0.4, -0.2) is 23.8 Å². The summed E-state index contributed by atoms with van der Waals surface area (Å²) >= 11 is 5.76. The molecule has 2 aromatic rings. The van der Waals surface area contributed by atoms with Gasteiger partial charge >= 0.3 is 0 Å².